The first-order valence-corrected chi connectivity index (χ1v) is 7.35. The van der Waals surface area contributed by atoms with Crippen molar-refractivity contribution in [1.82, 2.24) is 19.5 Å². The Labute approximate surface area is 134 Å². The number of aromatic nitrogens is 4. The van der Waals surface area contributed by atoms with Crippen molar-refractivity contribution in [2.45, 2.75) is 13.5 Å². The first kappa shape index (κ1) is 15.2. The highest BCUT2D eigenvalue weighted by Gasteiger charge is 2.15. The summed E-state index contributed by atoms with van der Waals surface area (Å²) in [6.45, 7) is 3.42. The second-order valence-electron chi connectivity index (χ2n) is 5.14. The highest BCUT2D eigenvalue weighted by atomic mass is 16.5. The number of aryl methyl sites for hydroxylation is 1. The number of hydrogen-bond donors (Lipinski definition) is 1. The maximum Gasteiger partial charge on any atom is 0.320 e. The predicted molar refractivity (Wildman–Crippen MR) is 87.4 cm³/mol. The minimum Gasteiger partial charge on any atom is -0.461 e. The molecule has 120 valence electrons. The summed E-state index contributed by atoms with van der Waals surface area (Å²) in [7, 11) is 1.61. The maximum atomic E-state index is 6.00. The highest BCUT2D eigenvalue weighted by molar-refractivity contribution is 5.82. The van der Waals surface area contributed by atoms with Crippen LogP contribution in [0.3, 0.4) is 0 Å². The second kappa shape index (κ2) is 6.62. The summed E-state index contributed by atoms with van der Waals surface area (Å²) in [6, 6.07) is 10.4. The smallest absolute Gasteiger partial charge is 0.320 e. The van der Waals surface area contributed by atoms with Crippen LogP contribution in [0.5, 0.6) is 6.01 Å². The molecule has 2 aromatic heterocycles. The molecule has 1 aromatic carbocycles. The molecule has 0 aliphatic heterocycles. The molecular formula is C16H19N5O2. The average molecular weight is 313 g/mol. The molecule has 23 heavy (non-hydrogen) atoms. The van der Waals surface area contributed by atoms with Gasteiger partial charge in [0.1, 0.15) is 12.4 Å². The molecule has 0 saturated carbocycles. The summed E-state index contributed by atoms with van der Waals surface area (Å²) in [5.74, 6) is 1.15. The van der Waals surface area contributed by atoms with Crippen LogP contribution in [0.4, 0.5) is 5.82 Å². The van der Waals surface area contributed by atoms with E-state index in [1.54, 1.807) is 7.11 Å². The van der Waals surface area contributed by atoms with Gasteiger partial charge in [0.2, 0.25) is 0 Å². The highest BCUT2D eigenvalue weighted by Crippen LogP contribution is 2.22. The Bertz CT molecular complexity index is 801. The predicted octanol–water partition coefficient (Wildman–Crippen LogP) is 1.79. The summed E-state index contributed by atoms with van der Waals surface area (Å²) in [5, 5.41) is 0. The van der Waals surface area contributed by atoms with E-state index in [0.717, 1.165) is 11.4 Å². The van der Waals surface area contributed by atoms with Gasteiger partial charge < -0.3 is 19.8 Å². The van der Waals surface area contributed by atoms with Crippen LogP contribution in [0.2, 0.25) is 0 Å². The molecular weight excluding hydrogens is 294 g/mol. The number of benzene rings is 1. The molecule has 2 N–H and O–H groups in total. The first-order chi connectivity index (χ1) is 11.2. The van der Waals surface area contributed by atoms with Gasteiger partial charge in [-0.15, -0.1) is 0 Å². The molecule has 0 spiro atoms. The Hall–Kier alpha value is -2.67. The van der Waals surface area contributed by atoms with Gasteiger partial charge in [-0.05, 0) is 12.5 Å². The van der Waals surface area contributed by atoms with Crippen LogP contribution in [-0.4, -0.2) is 39.8 Å². The Balaban J connectivity index is 1.98. The Morgan fingerprint density at radius 2 is 1.87 bits per heavy atom. The van der Waals surface area contributed by atoms with E-state index < -0.39 is 0 Å². The summed E-state index contributed by atoms with van der Waals surface area (Å²) in [6.07, 6.45) is 0. The number of hydrogen-bond acceptors (Lipinski definition) is 6. The van der Waals surface area contributed by atoms with Gasteiger partial charge in [0.25, 0.3) is 0 Å². The van der Waals surface area contributed by atoms with E-state index >= 15 is 0 Å². The fourth-order valence-electron chi connectivity index (χ4n) is 2.35. The zero-order chi connectivity index (χ0) is 16.2. The summed E-state index contributed by atoms with van der Waals surface area (Å²) in [5.41, 5.74) is 8.43. The lowest BCUT2D eigenvalue weighted by atomic mass is 10.2. The number of fused-ring (bicyclic) bond motifs is 1. The quantitative estimate of drug-likeness (QED) is 0.698. The van der Waals surface area contributed by atoms with E-state index in [1.165, 1.54) is 0 Å². The van der Waals surface area contributed by atoms with Gasteiger partial charge in [-0.2, -0.15) is 9.97 Å². The van der Waals surface area contributed by atoms with Gasteiger partial charge in [0, 0.05) is 7.11 Å². The van der Waals surface area contributed by atoms with E-state index in [9.17, 15) is 0 Å². The number of methoxy groups -OCH3 is 1. The number of anilines is 1. The fraction of sp³-hybridized carbons (Fsp3) is 0.312. The number of imidazole rings is 1. The largest absolute Gasteiger partial charge is 0.461 e. The van der Waals surface area contributed by atoms with Gasteiger partial charge in [0.05, 0.1) is 13.2 Å². The number of rotatable bonds is 6. The molecule has 0 aliphatic carbocycles. The topological polar surface area (TPSA) is 88.1 Å². The zero-order valence-electron chi connectivity index (χ0n) is 13.2. The van der Waals surface area contributed by atoms with Crippen molar-refractivity contribution in [3.63, 3.8) is 0 Å². The lowest BCUT2D eigenvalue weighted by molar-refractivity contribution is 0.141. The van der Waals surface area contributed by atoms with Gasteiger partial charge in [0.15, 0.2) is 17.0 Å². The van der Waals surface area contributed by atoms with Crippen LogP contribution >= 0.6 is 0 Å². The summed E-state index contributed by atoms with van der Waals surface area (Å²) in [4.78, 5) is 13.1. The van der Waals surface area contributed by atoms with Crippen molar-refractivity contribution in [3.05, 3.63) is 41.7 Å². The van der Waals surface area contributed by atoms with Gasteiger partial charge in [-0.25, -0.2) is 4.98 Å². The van der Waals surface area contributed by atoms with Crippen molar-refractivity contribution >= 4 is 17.0 Å². The van der Waals surface area contributed by atoms with Crippen LogP contribution in [0.25, 0.3) is 11.2 Å². The Morgan fingerprint density at radius 3 is 2.61 bits per heavy atom. The number of nitrogen functional groups attached to an aromatic ring is 1. The lowest BCUT2D eigenvalue weighted by Crippen LogP contribution is -2.09. The third-order valence-electron chi connectivity index (χ3n) is 3.49. The number of nitrogens with zero attached hydrogens (tertiary/aromatic N) is 4. The molecule has 0 atom stereocenters. The van der Waals surface area contributed by atoms with Crippen molar-refractivity contribution in [2.75, 3.05) is 26.1 Å². The monoisotopic (exact) mass is 313 g/mol. The lowest BCUT2D eigenvalue weighted by Gasteiger charge is -2.08. The molecule has 7 nitrogen and oxygen atoms in total. The van der Waals surface area contributed by atoms with E-state index in [4.69, 9.17) is 15.2 Å². The van der Waals surface area contributed by atoms with Crippen LogP contribution < -0.4 is 10.5 Å². The van der Waals surface area contributed by atoms with Gasteiger partial charge in [-0.3, -0.25) is 0 Å². The Morgan fingerprint density at radius 1 is 1.09 bits per heavy atom. The maximum absolute atomic E-state index is 6.00. The van der Waals surface area contributed by atoms with Crippen molar-refractivity contribution in [3.8, 4) is 6.01 Å². The number of nitrogens with two attached hydrogens (primary N) is 1. The molecule has 0 unspecified atom stereocenters. The molecule has 3 rings (SSSR count). The average Bonchev–Trinajstić information content (AvgIpc) is 2.86. The van der Waals surface area contributed by atoms with E-state index in [-0.39, 0.29) is 6.01 Å². The van der Waals surface area contributed by atoms with E-state index in [0.29, 0.717) is 36.7 Å². The van der Waals surface area contributed by atoms with Crippen LogP contribution in [-0.2, 0) is 11.3 Å². The Kier molecular flexibility index (Phi) is 4.38. The van der Waals surface area contributed by atoms with Crippen molar-refractivity contribution in [2.24, 2.45) is 0 Å². The molecule has 3 aromatic rings. The second-order valence-corrected chi connectivity index (χ2v) is 5.14. The van der Waals surface area contributed by atoms with E-state index in [2.05, 4.69) is 27.1 Å². The SMILES string of the molecule is COCCOc1nc(N)c2nc(C)n(Cc3ccccc3)c2n1. The summed E-state index contributed by atoms with van der Waals surface area (Å²) >= 11 is 0. The van der Waals surface area contributed by atoms with Crippen LogP contribution in [0, 0.1) is 6.92 Å². The van der Waals surface area contributed by atoms with Crippen LogP contribution in [0.1, 0.15) is 11.4 Å². The minimum atomic E-state index is 0.237. The third-order valence-corrected chi connectivity index (χ3v) is 3.49. The molecule has 0 fully saturated rings. The van der Waals surface area contributed by atoms with Gasteiger partial charge in [-0.1, -0.05) is 30.3 Å². The van der Waals surface area contributed by atoms with Crippen molar-refractivity contribution < 1.29 is 9.47 Å². The molecule has 2 heterocycles. The normalized spacial score (nSPS) is 11.0. The van der Waals surface area contributed by atoms with Crippen molar-refractivity contribution in [1.29, 1.82) is 0 Å². The summed E-state index contributed by atoms with van der Waals surface area (Å²) < 4.78 is 12.4. The molecule has 0 aliphatic rings. The van der Waals surface area contributed by atoms with E-state index in [1.807, 2.05) is 29.7 Å². The third kappa shape index (κ3) is 3.24. The molecule has 7 heteroatoms. The number of ether oxygens (including phenoxy) is 2. The van der Waals surface area contributed by atoms with Gasteiger partial charge >= 0.3 is 6.01 Å². The molecule has 0 saturated heterocycles. The van der Waals surface area contributed by atoms with Crippen LogP contribution in [0.15, 0.2) is 30.3 Å². The first-order valence-electron chi connectivity index (χ1n) is 7.35. The molecule has 0 amide bonds. The minimum absolute atomic E-state index is 0.237. The fourth-order valence-corrected chi connectivity index (χ4v) is 2.35. The zero-order valence-corrected chi connectivity index (χ0v) is 13.2. The molecule has 0 bridgehead atoms. The standard InChI is InChI=1S/C16H19N5O2/c1-11-18-13-14(17)19-16(23-9-8-22-2)20-15(13)21(11)10-12-6-4-3-5-7-12/h3-7H,8-10H2,1-2H3,(H2,17,19,20). The molecule has 0 radical (unpaired) electrons.